The average Bonchev–Trinajstić information content (AvgIpc) is 3.91. The number of nitrogens with zero attached hydrogens (tertiary/aromatic N) is 2. The predicted octanol–water partition coefficient (Wildman–Crippen LogP) is 13.6. The van der Waals surface area contributed by atoms with Gasteiger partial charge in [0, 0.05) is 38.9 Å². The van der Waals surface area contributed by atoms with Gasteiger partial charge in [0.15, 0.2) is 11.2 Å². The summed E-state index contributed by atoms with van der Waals surface area (Å²) < 4.78 is 19.4. The number of fused-ring (bicyclic) bond motifs is 8. The minimum absolute atomic E-state index is 0.572. The normalized spacial score (nSPS) is 11.8. The van der Waals surface area contributed by atoms with Gasteiger partial charge in [-0.05, 0) is 82.6 Å². The lowest BCUT2D eigenvalue weighted by Crippen LogP contribution is -2.10. The van der Waals surface area contributed by atoms with Gasteiger partial charge in [-0.3, -0.25) is 0 Å². The first-order valence-electron chi connectivity index (χ1n) is 17.4. The van der Waals surface area contributed by atoms with Crippen LogP contribution in [0.3, 0.4) is 0 Å². The summed E-state index contributed by atoms with van der Waals surface area (Å²) in [5.41, 5.74) is 11.0. The maximum absolute atomic E-state index is 6.61. The molecule has 0 aliphatic carbocycles. The van der Waals surface area contributed by atoms with Crippen molar-refractivity contribution >= 4 is 82.8 Å². The highest BCUT2D eigenvalue weighted by Crippen LogP contribution is 2.45. The second-order valence-electron chi connectivity index (χ2n) is 13.1. The van der Waals surface area contributed by atoms with Gasteiger partial charge >= 0.3 is 0 Å². The number of hydrogen-bond acceptors (Lipinski definition) is 5. The third-order valence-corrected chi connectivity index (χ3v) is 10.1. The van der Waals surface area contributed by atoms with Crippen molar-refractivity contribution in [2.24, 2.45) is 0 Å². The number of rotatable bonds is 5. The molecule has 0 N–H and O–H groups in total. The molecule has 8 aromatic carbocycles. The summed E-state index contributed by atoms with van der Waals surface area (Å²) in [5.74, 6) is 0.572. The molecule has 11 rings (SSSR count). The topological polar surface area (TPSA) is 55.6 Å². The Balaban J connectivity index is 1.13. The standard InChI is InChI=1S/C47H28N2O3/c1-2-11-29(12-3-1)33-15-8-13-30-27-31(23-25-34(30)33)49(40-19-9-16-36-35-14-4-6-20-41(35)51-46(36)40)32-24-26-37-44(28-32)50-43-22-10-17-38(45(37)43)47-48-39-18-5-7-21-42(39)52-47/h1-28H. The molecule has 0 aliphatic heterocycles. The SMILES string of the molecule is c1ccc(-c2cccc3cc(N(c4ccc5c(c4)oc4cccc(-c6nc7ccccc7o6)c45)c4cccc5c4oc4ccccc45)ccc23)cc1. The number of anilines is 3. The first-order chi connectivity index (χ1) is 25.8. The van der Waals surface area contributed by atoms with Gasteiger partial charge in [0.05, 0.1) is 11.4 Å². The number of aromatic nitrogens is 1. The zero-order valence-corrected chi connectivity index (χ0v) is 27.8. The molecule has 0 amide bonds. The van der Waals surface area contributed by atoms with Crippen molar-refractivity contribution < 1.29 is 13.3 Å². The monoisotopic (exact) mass is 668 g/mol. The number of benzene rings is 8. The van der Waals surface area contributed by atoms with Gasteiger partial charge in [-0.2, -0.15) is 0 Å². The van der Waals surface area contributed by atoms with Gasteiger partial charge in [-0.25, -0.2) is 4.98 Å². The zero-order chi connectivity index (χ0) is 34.2. The van der Waals surface area contributed by atoms with E-state index < -0.39 is 0 Å². The van der Waals surface area contributed by atoms with Crippen molar-refractivity contribution in [3.63, 3.8) is 0 Å². The molecule has 3 aromatic heterocycles. The Morgan fingerprint density at radius 1 is 0.423 bits per heavy atom. The molecule has 0 bridgehead atoms. The van der Waals surface area contributed by atoms with E-state index in [1.807, 2.05) is 54.6 Å². The van der Waals surface area contributed by atoms with E-state index >= 15 is 0 Å². The lowest BCUT2D eigenvalue weighted by atomic mass is 9.97. The van der Waals surface area contributed by atoms with Crippen molar-refractivity contribution in [1.29, 1.82) is 0 Å². The molecule has 0 unspecified atom stereocenters. The molecule has 5 nitrogen and oxygen atoms in total. The molecule has 5 heteroatoms. The Bertz CT molecular complexity index is 3120. The van der Waals surface area contributed by atoms with Crippen LogP contribution < -0.4 is 4.90 Å². The summed E-state index contributed by atoms with van der Waals surface area (Å²) >= 11 is 0. The van der Waals surface area contributed by atoms with Crippen LogP contribution >= 0.6 is 0 Å². The fourth-order valence-corrected chi connectivity index (χ4v) is 7.73. The average molecular weight is 669 g/mol. The van der Waals surface area contributed by atoms with Gasteiger partial charge in [0.1, 0.15) is 22.3 Å². The molecule has 52 heavy (non-hydrogen) atoms. The van der Waals surface area contributed by atoms with E-state index in [2.05, 4.69) is 120 Å². The minimum Gasteiger partial charge on any atom is -0.456 e. The number of furan rings is 2. The fraction of sp³-hybridized carbons (Fsp3) is 0. The summed E-state index contributed by atoms with van der Waals surface area (Å²) in [7, 11) is 0. The van der Waals surface area contributed by atoms with Gasteiger partial charge in [-0.1, -0.05) is 103 Å². The molecule has 0 atom stereocenters. The van der Waals surface area contributed by atoms with E-state index in [-0.39, 0.29) is 0 Å². The Morgan fingerprint density at radius 3 is 2.04 bits per heavy atom. The van der Waals surface area contributed by atoms with E-state index in [4.69, 9.17) is 18.2 Å². The molecule has 0 saturated heterocycles. The number of hydrogen-bond donors (Lipinski definition) is 0. The molecular formula is C47H28N2O3. The number of para-hydroxylation sites is 4. The Hall–Kier alpha value is -7.11. The van der Waals surface area contributed by atoms with Crippen LogP contribution in [0.4, 0.5) is 17.1 Å². The molecular weight excluding hydrogens is 641 g/mol. The highest BCUT2D eigenvalue weighted by molar-refractivity contribution is 6.14. The van der Waals surface area contributed by atoms with Crippen molar-refractivity contribution in [3.05, 3.63) is 170 Å². The van der Waals surface area contributed by atoms with Gasteiger partial charge in [-0.15, -0.1) is 0 Å². The van der Waals surface area contributed by atoms with Crippen LogP contribution in [0.15, 0.2) is 183 Å². The van der Waals surface area contributed by atoms with Crippen LogP contribution in [-0.4, -0.2) is 4.98 Å². The van der Waals surface area contributed by atoms with E-state index in [1.165, 1.54) is 16.5 Å². The maximum atomic E-state index is 6.61. The summed E-state index contributed by atoms with van der Waals surface area (Å²) in [6.07, 6.45) is 0. The lowest BCUT2D eigenvalue weighted by Gasteiger charge is -2.26. The quantitative estimate of drug-likeness (QED) is 0.183. The van der Waals surface area contributed by atoms with Crippen molar-refractivity contribution in [3.8, 4) is 22.6 Å². The second kappa shape index (κ2) is 11.2. The third kappa shape index (κ3) is 4.39. The molecule has 11 aromatic rings. The lowest BCUT2D eigenvalue weighted by molar-refractivity contribution is 0.620. The van der Waals surface area contributed by atoms with Crippen molar-refractivity contribution in [2.45, 2.75) is 0 Å². The highest BCUT2D eigenvalue weighted by Gasteiger charge is 2.22. The molecule has 0 aliphatic rings. The molecule has 244 valence electrons. The molecule has 0 spiro atoms. The zero-order valence-electron chi connectivity index (χ0n) is 27.8. The van der Waals surface area contributed by atoms with E-state index in [9.17, 15) is 0 Å². The van der Waals surface area contributed by atoms with Gasteiger partial charge < -0.3 is 18.2 Å². The smallest absolute Gasteiger partial charge is 0.228 e. The molecule has 0 saturated carbocycles. The minimum atomic E-state index is 0.572. The van der Waals surface area contributed by atoms with Gasteiger partial charge in [0.25, 0.3) is 0 Å². The van der Waals surface area contributed by atoms with Gasteiger partial charge in [0.2, 0.25) is 5.89 Å². The van der Waals surface area contributed by atoms with Crippen LogP contribution in [0.1, 0.15) is 0 Å². The Kier molecular flexibility index (Phi) is 6.18. The Labute approximate surface area is 297 Å². The van der Waals surface area contributed by atoms with Crippen LogP contribution in [0, 0.1) is 0 Å². The molecule has 0 fully saturated rings. The second-order valence-corrected chi connectivity index (χ2v) is 13.1. The summed E-state index contributed by atoms with van der Waals surface area (Å²) in [6, 6.07) is 58.6. The van der Waals surface area contributed by atoms with Crippen molar-refractivity contribution in [1.82, 2.24) is 4.98 Å². The Morgan fingerprint density at radius 2 is 1.13 bits per heavy atom. The third-order valence-electron chi connectivity index (χ3n) is 10.1. The maximum Gasteiger partial charge on any atom is 0.228 e. The molecule has 0 radical (unpaired) electrons. The van der Waals surface area contributed by atoms with Crippen LogP contribution in [0.5, 0.6) is 0 Å². The predicted molar refractivity (Wildman–Crippen MR) is 212 cm³/mol. The van der Waals surface area contributed by atoms with E-state index in [1.54, 1.807) is 0 Å². The van der Waals surface area contributed by atoms with Crippen molar-refractivity contribution in [2.75, 3.05) is 4.90 Å². The highest BCUT2D eigenvalue weighted by atomic mass is 16.4. The summed E-state index contributed by atoms with van der Waals surface area (Å²) in [6.45, 7) is 0. The molecule has 3 heterocycles. The van der Waals surface area contributed by atoms with E-state index in [0.717, 1.165) is 83.0 Å². The van der Waals surface area contributed by atoms with Crippen LogP contribution in [0.25, 0.3) is 88.3 Å². The summed E-state index contributed by atoms with van der Waals surface area (Å²) in [4.78, 5) is 7.09. The van der Waals surface area contributed by atoms with Crippen LogP contribution in [0.2, 0.25) is 0 Å². The largest absolute Gasteiger partial charge is 0.456 e. The fourth-order valence-electron chi connectivity index (χ4n) is 7.73. The number of oxazole rings is 1. The summed E-state index contributed by atoms with van der Waals surface area (Å²) in [5, 5.41) is 6.46. The first-order valence-corrected chi connectivity index (χ1v) is 17.4. The van der Waals surface area contributed by atoms with Crippen LogP contribution in [-0.2, 0) is 0 Å². The first kappa shape index (κ1) is 28.7. The van der Waals surface area contributed by atoms with E-state index in [0.29, 0.717) is 5.89 Å².